The van der Waals surface area contributed by atoms with E-state index in [1.807, 2.05) is 6.08 Å². The van der Waals surface area contributed by atoms with Crippen molar-refractivity contribution in [1.29, 1.82) is 0 Å². The molecular weight excluding hydrogens is 294 g/mol. The summed E-state index contributed by atoms with van der Waals surface area (Å²) in [4.78, 5) is 0. The lowest BCUT2D eigenvalue weighted by Crippen LogP contribution is -2.16. The zero-order valence-corrected chi connectivity index (χ0v) is 15.1. The molecule has 1 nitrogen and oxygen atoms in total. The standard InChI is InChI=1S/C20H34F2O/c1-4-6-7-8-17-10-12-18(13-11-17)16(3)9-14-20(23-5-2)19(22)15-21/h9,15,17-18,20H,4-8,10-14H2,1-3H3/b16-9+,19-15-. The second-order valence-electron chi connectivity index (χ2n) is 6.84. The number of ether oxygens (including phenoxy) is 1. The number of halogens is 2. The lowest BCUT2D eigenvalue weighted by atomic mass is 9.77. The van der Waals surface area contributed by atoms with Crippen LogP contribution in [0.3, 0.4) is 0 Å². The van der Waals surface area contributed by atoms with Gasteiger partial charge in [0.15, 0.2) is 5.83 Å². The molecule has 3 heteroatoms. The van der Waals surface area contributed by atoms with Crippen LogP contribution in [-0.4, -0.2) is 12.7 Å². The van der Waals surface area contributed by atoms with Crippen molar-refractivity contribution >= 4 is 0 Å². The molecule has 0 saturated heterocycles. The maximum atomic E-state index is 13.4. The Balaban J connectivity index is 2.41. The van der Waals surface area contributed by atoms with Gasteiger partial charge in [-0.25, -0.2) is 8.78 Å². The minimum Gasteiger partial charge on any atom is -0.371 e. The van der Waals surface area contributed by atoms with E-state index in [2.05, 4.69) is 13.8 Å². The summed E-state index contributed by atoms with van der Waals surface area (Å²) in [5.74, 6) is 0.696. The first kappa shape index (κ1) is 20.3. The van der Waals surface area contributed by atoms with Gasteiger partial charge in [-0.3, -0.25) is 0 Å². The van der Waals surface area contributed by atoms with Gasteiger partial charge in [0.2, 0.25) is 0 Å². The van der Waals surface area contributed by atoms with Crippen molar-refractivity contribution in [1.82, 2.24) is 0 Å². The first-order valence-electron chi connectivity index (χ1n) is 9.36. The Kier molecular flexibility index (Phi) is 10.4. The predicted octanol–water partition coefficient (Wildman–Crippen LogP) is 6.90. The number of hydrogen-bond donors (Lipinski definition) is 0. The van der Waals surface area contributed by atoms with Crippen LogP contribution in [0.1, 0.15) is 78.6 Å². The van der Waals surface area contributed by atoms with Gasteiger partial charge in [-0.1, -0.05) is 44.3 Å². The molecule has 1 aliphatic carbocycles. The summed E-state index contributed by atoms with van der Waals surface area (Å²) in [6, 6.07) is 0. The Morgan fingerprint density at radius 2 is 1.87 bits per heavy atom. The van der Waals surface area contributed by atoms with Crippen LogP contribution in [0.4, 0.5) is 8.78 Å². The first-order chi connectivity index (χ1) is 11.1. The maximum Gasteiger partial charge on any atom is 0.157 e. The summed E-state index contributed by atoms with van der Waals surface area (Å²) in [5, 5.41) is 0. The summed E-state index contributed by atoms with van der Waals surface area (Å²) in [7, 11) is 0. The van der Waals surface area contributed by atoms with Crippen molar-refractivity contribution in [2.75, 3.05) is 6.61 Å². The Morgan fingerprint density at radius 3 is 2.43 bits per heavy atom. The lowest BCUT2D eigenvalue weighted by Gasteiger charge is -2.29. The van der Waals surface area contributed by atoms with Crippen molar-refractivity contribution in [2.24, 2.45) is 11.8 Å². The van der Waals surface area contributed by atoms with Crippen LogP contribution in [0.2, 0.25) is 0 Å². The van der Waals surface area contributed by atoms with E-state index in [4.69, 9.17) is 4.74 Å². The molecule has 1 aliphatic rings. The highest BCUT2D eigenvalue weighted by Gasteiger charge is 2.22. The van der Waals surface area contributed by atoms with Crippen LogP contribution >= 0.6 is 0 Å². The third-order valence-corrected chi connectivity index (χ3v) is 5.14. The monoisotopic (exact) mass is 328 g/mol. The molecule has 1 unspecified atom stereocenters. The Hall–Kier alpha value is -0.700. The van der Waals surface area contributed by atoms with E-state index >= 15 is 0 Å². The minimum atomic E-state index is -0.810. The SMILES string of the molecule is CCCCCC1CCC(/C(C)=C/CC(OCC)/C(F)=C/F)CC1. The van der Waals surface area contributed by atoms with Crippen molar-refractivity contribution in [3.8, 4) is 0 Å². The first-order valence-corrected chi connectivity index (χ1v) is 9.36. The highest BCUT2D eigenvalue weighted by molar-refractivity contribution is 5.08. The molecule has 0 aliphatic heterocycles. The van der Waals surface area contributed by atoms with Crippen LogP contribution in [0.25, 0.3) is 0 Å². The van der Waals surface area contributed by atoms with Gasteiger partial charge in [-0.05, 0) is 57.8 Å². The van der Waals surface area contributed by atoms with Gasteiger partial charge in [0.05, 0.1) is 0 Å². The van der Waals surface area contributed by atoms with Crippen LogP contribution in [-0.2, 0) is 4.74 Å². The maximum absolute atomic E-state index is 13.4. The number of unbranched alkanes of at least 4 members (excludes halogenated alkanes) is 2. The van der Waals surface area contributed by atoms with Crippen molar-refractivity contribution < 1.29 is 13.5 Å². The number of allylic oxidation sites excluding steroid dienone is 1. The molecule has 1 rings (SSSR count). The van der Waals surface area contributed by atoms with E-state index in [9.17, 15) is 8.78 Å². The third-order valence-electron chi connectivity index (χ3n) is 5.14. The average molecular weight is 328 g/mol. The van der Waals surface area contributed by atoms with Crippen LogP contribution < -0.4 is 0 Å². The Bertz CT molecular complexity index is 368. The topological polar surface area (TPSA) is 9.23 Å². The summed E-state index contributed by atoms with van der Waals surface area (Å²) >= 11 is 0. The fourth-order valence-corrected chi connectivity index (χ4v) is 3.58. The van der Waals surface area contributed by atoms with Gasteiger partial charge in [0.1, 0.15) is 12.4 Å². The molecule has 0 aromatic rings. The number of rotatable bonds is 10. The van der Waals surface area contributed by atoms with Crippen LogP contribution in [0.15, 0.2) is 23.8 Å². The fourth-order valence-electron chi connectivity index (χ4n) is 3.58. The van der Waals surface area contributed by atoms with Crippen LogP contribution in [0.5, 0.6) is 0 Å². The zero-order chi connectivity index (χ0) is 17.1. The highest BCUT2D eigenvalue weighted by Crippen LogP contribution is 2.35. The second-order valence-corrected chi connectivity index (χ2v) is 6.84. The summed E-state index contributed by atoms with van der Waals surface area (Å²) in [6.45, 7) is 6.57. The van der Waals surface area contributed by atoms with E-state index in [1.165, 1.54) is 56.9 Å². The van der Waals surface area contributed by atoms with Crippen molar-refractivity contribution in [3.05, 3.63) is 23.8 Å². The summed E-state index contributed by atoms with van der Waals surface area (Å²) in [5.41, 5.74) is 1.31. The van der Waals surface area contributed by atoms with Crippen molar-refractivity contribution in [3.63, 3.8) is 0 Å². The molecule has 0 aromatic carbocycles. The fraction of sp³-hybridized carbons (Fsp3) is 0.800. The Morgan fingerprint density at radius 1 is 1.17 bits per heavy atom. The van der Waals surface area contributed by atoms with E-state index in [-0.39, 0.29) is 6.33 Å². The molecule has 0 bridgehead atoms. The van der Waals surface area contributed by atoms with Gasteiger partial charge in [0, 0.05) is 6.61 Å². The quantitative estimate of drug-likeness (QED) is 0.313. The van der Waals surface area contributed by atoms with Gasteiger partial charge >= 0.3 is 0 Å². The smallest absolute Gasteiger partial charge is 0.157 e. The Labute approximate surface area is 141 Å². The minimum absolute atomic E-state index is 0.0189. The summed E-state index contributed by atoms with van der Waals surface area (Å²) in [6.07, 6.45) is 12.2. The number of hydrogen-bond acceptors (Lipinski definition) is 1. The van der Waals surface area contributed by atoms with Gasteiger partial charge in [-0.2, -0.15) is 0 Å². The van der Waals surface area contributed by atoms with Gasteiger partial charge in [0.25, 0.3) is 0 Å². The molecule has 0 radical (unpaired) electrons. The average Bonchev–Trinajstić information content (AvgIpc) is 2.58. The third kappa shape index (κ3) is 7.60. The van der Waals surface area contributed by atoms with E-state index in [0.717, 1.165) is 5.92 Å². The normalized spacial score (nSPS) is 24.7. The van der Waals surface area contributed by atoms with Crippen LogP contribution in [0, 0.1) is 11.8 Å². The second kappa shape index (κ2) is 11.8. The molecule has 0 spiro atoms. The molecule has 1 atom stereocenters. The summed E-state index contributed by atoms with van der Waals surface area (Å²) < 4.78 is 31.1. The predicted molar refractivity (Wildman–Crippen MR) is 93.7 cm³/mol. The molecular formula is C20H34F2O. The van der Waals surface area contributed by atoms with E-state index < -0.39 is 11.9 Å². The lowest BCUT2D eigenvalue weighted by molar-refractivity contribution is 0.0728. The highest BCUT2D eigenvalue weighted by atomic mass is 19.2. The van der Waals surface area contributed by atoms with E-state index in [0.29, 0.717) is 18.9 Å². The molecule has 134 valence electrons. The molecule has 1 saturated carbocycles. The zero-order valence-electron chi connectivity index (χ0n) is 15.1. The van der Waals surface area contributed by atoms with Gasteiger partial charge < -0.3 is 4.74 Å². The largest absolute Gasteiger partial charge is 0.371 e. The molecule has 0 N–H and O–H groups in total. The molecule has 0 amide bonds. The molecule has 1 fully saturated rings. The molecule has 23 heavy (non-hydrogen) atoms. The molecule has 0 aromatic heterocycles. The van der Waals surface area contributed by atoms with Gasteiger partial charge in [-0.15, -0.1) is 0 Å². The van der Waals surface area contributed by atoms with Crippen molar-refractivity contribution in [2.45, 2.75) is 84.7 Å². The van der Waals surface area contributed by atoms with E-state index in [1.54, 1.807) is 6.92 Å². The molecule has 0 heterocycles.